The summed E-state index contributed by atoms with van der Waals surface area (Å²) in [5.74, 6) is 0.145. The predicted molar refractivity (Wildman–Crippen MR) is 88.7 cm³/mol. The number of halogens is 1. The van der Waals surface area contributed by atoms with Gasteiger partial charge in [0.2, 0.25) is 5.91 Å². The molecule has 118 valence electrons. The summed E-state index contributed by atoms with van der Waals surface area (Å²) >= 11 is 7.45. The molecule has 2 unspecified atom stereocenters. The normalized spacial score (nSPS) is 21.2. The molecule has 1 amide bonds. The van der Waals surface area contributed by atoms with Crippen LogP contribution >= 0.6 is 22.9 Å². The third kappa shape index (κ3) is 4.68. The molecule has 1 aromatic heterocycles. The maximum atomic E-state index is 12.4. The van der Waals surface area contributed by atoms with Crippen molar-refractivity contribution in [3.05, 3.63) is 21.3 Å². The van der Waals surface area contributed by atoms with Gasteiger partial charge in [-0.2, -0.15) is 0 Å². The van der Waals surface area contributed by atoms with Gasteiger partial charge in [0.15, 0.2) is 0 Å². The smallest absolute Gasteiger partial charge is 0.236 e. The Balaban J connectivity index is 1.90. The highest BCUT2D eigenvalue weighted by molar-refractivity contribution is 7.16. The summed E-state index contributed by atoms with van der Waals surface area (Å²) in [6.45, 7) is 4.08. The minimum absolute atomic E-state index is 0.111. The first-order valence-electron chi connectivity index (χ1n) is 7.45. The summed E-state index contributed by atoms with van der Waals surface area (Å²) in [4.78, 5) is 17.5. The number of thiophene rings is 1. The van der Waals surface area contributed by atoms with Crippen molar-refractivity contribution < 1.29 is 4.79 Å². The number of hydrogen-bond donors (Lipinski definition) is 1. The Morgan fingerprint density at radius 3 is 2.95 bits per heavy atom. The van der Waals surface area contributed by atoms with E-state index in [9.17, 15) is 4.79 Å². The zero-order chi connectivity index (χ0) is 15.4. The van der Waals surface area contributed by atoms with Crippen molar-refractivity contribution in [2.75, 3.05) is 20.1 Å². The Hall–Kier alpha value is -0.620. The molecule has 0 aromatic carbocycles. The second kappa shape index (κ2) is 7.58. The molecule has 2 rings (SSSR count). The van der Waals surface area contributed by atoms with Gasteiger partial charge in [-0.1, -0.05) is 18.0 Å². The van der Waals surface area contributed by atoms with Crippen molar-refractivity contribution in [2.45, 2.75) is 44.8 Å². The molecule has 1 aliphatic heterocycles. The number of likely N-dealkylation sites (N-methyl/N-ethyl adjacent to an activating group) is 1. The number of nitrogens with zero attached hydrogens (tertiary/aromatic N) is 2. The Morgan fingerprint density at radius 2 is 2.33 bits per heavy atom. The first-order chi connectivity index (χ1) is 9.97. The molecular weight excluding hydrogens is 306 g/mol. The van der Waals surface area contributed by atoms with Gasteiger partial charge in [0, 0.05) is 24.0 Å². The van der Waals surface area contributed by atoms with Crippen LogP contribution in [0, 0.1) is 0 Å². The van der Waals surface area contributed by atoms with E-state index in [1.807, 2.05) is 26.1 Å². The fourth-order valence-corrected chi connectivity index (χ4v) is 4.00. The van der Waals surface area contributed by atoms with Crippen LogP contribution in [0.15, 0.2) is 12.1 Å². The van der Waals surface area contributed by atoms with E-state index in [0.717, 1.165) is 28.6 Å². The average molecular weight is 330 g/mol. The van der Waals surface area contributed by atoms with Gasteiger partial charge in [-0.3, -0.25) is 9.69 Å². The molecule has 4 nitrogen and oxygen atoms in total. The lowest BCUT2D eigenvalue weighted by Crippen LogP contribution is -2.52. The van der Waals surface area contributed by atoms with E-state index < -0.39 is 0 Å². The molecule has 0 saturated carbocycles. The first kappa shape index (κ1) is 16.7. The van der Waals surface area contributed by atoms with Crippen LogP contribution in [0.1, 0.15) is 31.1 Å². The number of piperidine rings is 1. The van der Waals surface area contributed by atoms with Crippen LogP contribution in [0.2, 0.25) is 4.34 Å². The molecule has 1 fully saturated rings. The largest absolute Gasteiger partial charge is 0.340 e. The average Bonchev–Trinajstić information content (AvgIpc) is 2.84. The third-order valence-electron chi connectivity index (χ3n) is 4.06. The molecule has 0 radical (unpaired) electrons. The molecule has 1 saturated heterocycles. The van der Waals surface area contributed by atoms with Crippen LogP contribution in [0.4, 0.5) is 0 Å². The van der Waals surface area contributed by atoms with E-state index >= 15 is 0 Å². The van der Waals surface area contributed by atoms with Gasteiger partial charge in [0.05, 0.1) is 17.4 Å². The van der Waals surface area contributed by atoms with Crippen molar-refractivity contribution in [1.29, 1.82) is 0 Å². The summed E-state index contributed by atoms with van der Waals surface area (Å²) in [5, 5.41) is 0. The Kier molecular flexibility index (Phi) is 6.05. The number of carbonyl (C=O) groups is 1. The van der Waals surface area contributed by atoms with Crippen molar-refractivity contribution in [1.82, 2.24) is 9.80 Å². The molecule has 2 heterocycles. The number of likely N-dealkylation sites (tertiary alicyclic amines) is 1. The van der Waals surface area contributed by atoms with Gasteiger partial charge < -0.3 is 10.6 Å². The Labute approximate surface area is 135 Å². The minimum Gasteiger partial charge on any atom is -0.340 e. The molecule has 0 bridgehead atoms. The lowest BCUT2D eigenvalue weighted by atomic mass is 9.97. The highest BCUT2D eigenvalue weighted by Crippen LogP contribution is 2.23. The van der Waals surface area contributed by atoms with Crippen LogP contribution in [0.25, 0.3) is 0 Å². The summed E-state index contributed by atoms with van der Waals surface area (Å²) in [6.07, 6.45) is 3.45. The third-order valence-corrected chi connectivity index (χ3v) is 5.27. The van der Waals surface area contributed by atoms with Crippen LogP contribution in [0.5, 0.6) is 0 Å². The topological polar surface area (TPSA) is 49.6 Å². The van der Waals surface area contributed by atoms with Gasteiger partial charge in [-0.25, -0.2) is 0 Å². The lowest BCUT2D eigenvalue weighted by molar-refractivity contribution is -0.132. The van der Waals surface area contributed by atoms with E-state index in [2.05, 4.69) is 4.90 Å². The summed E-state index contributed by atoms with van der Waals surface area (Å²) in [7, 11) is 1.85. The number of amides is 1. The summed E-state index contributed by atoms with van der Waals surface area (Å²) in [6, 6.07) is 4.28. The second-order valence-electron chi connectivity index (χ2n) is 5.85. The molecule has 1 aromatic rings. The number of nitrogens with two attached hydrogens (primary N) is 1. The fraction of sp³-hybridized carbons (Fsp3) is 0.667. The fourth-order valence-electron chi connectivity index (χ4n) is 2.86. The van der Waals surface area contributed by atoms with E-state index in [4.69, 9.17) is 17.3 Å². The molecule has 2 N–H and O–H groups in total. The maximum Gasteiger partial charge on any atom is 0.236 e. The van der Waals surface area contributed by atoms with Crippen molar-refractivity contribution in [3.8, 4) is 0 Å². The molecular formula is C15H24ClN3OS. The van der Waals surface area contributed by atoms with Crippen molar-refractivity contribution in [2.24, 2.45) is 5.73 Å². The number of hydrogen-bond acceptors (Lipinski definition) is 4. The standard InChI is InChI=1S/C15H24ClN3OS/c1-11(17)13-5-3-4-8-19(13)10-15(20)18(2)9-12-6-7-14(16)21-12/h6-7,11,13H,3-5,8-10,17H2,1-2H3. The van der Waals surface area contributed by atoms with Crippen molar-refractivity contribution in [3.63, 3.8) is 0 Å². The van der Waals surface area contributed by atoms with Gasteiger partial charge in [0.1, 0.15) is 0 Å². The van der Waals surface area contributed by atoms with E-state index in [1.165, 1.54) is 17.8 Å². The SMILES string of the molecule is CC(N)C1CCCCN1CC(=O)N(C)Cc1ccc(Cl)s1. The zero-order valence-electron chi connectivity index (χ0n) is 12.7. The molecule has 0 aliphatic carbocycles. The van der Waals surface area contributed by atoms with Crippen molar-refractivity contribution >= 4 is 28.8 Å². The van der Waals surface area contributed by atoms with E-state index in [1.54, 1.807) is 4.90 Å². The van der Waals surface area contributed by atoms with Gasteiger partial charge >= 0.3 is 0 Å². The zero-order valence-corrected chi connectivity index (χ0v) is 14.3. The minimum atomic E-state index is 0.111. The number of carbonyl (C=O) groups excluding carboxylic acids is 1. The number of rotatable bonds is 5. The quantitative estimate of drug-likeness (QED) is 0.903. The van der Waals surface area contributed by atoms with Crippen LogP contribution in [-0.2, 0) is 11.3 Å². The van der Waals surface area contributed by atoms with Crippen LogP contribution in [-0.4, -0.2) is 47.9 Å². The molecule has 0 spiro atoms. The summed E-state index contributed by atoms with van der Waals surface area (Å²) < 4.78 is 0.763. The maximum absolute atomic E-state index is 12.4. The molecule has 6 heteroatoms. The first-order valence-corrected chi connectivity index (χ1v) is 8.64. The molecule has 1 aliphatic rings. The Morgan fingerprint density at radius 1 is 1.57 bits per heavy atom. The second-order valence-corrected chi connectivity index (χ2v) is 7.65. The Bertz CT molecular complexity index is 477. The lowest BCUT2D eigenvalue weighted by Gasteiger charge is -2.38. The van der Waals surface area contributed by atoms with Crippen LogP contribution < -0.4 is 5.73 Å². The van der Waals surface area contributed by atoms with Gasteiger partial charge in [0.25, 0.3) is 0 Å². The molecule has 2 atom stereocenters. The highest BCUT2D eigenvalue weighted by atomic mass is 35.5. The van der Waals surface area contributed by atoms with Gasteiger partial charge in [-0.15, -0.1) is 11.3 Å². The van der Waals surface area contributed by atoms with E-state index in [0.29, 0.717) is 19.1 Å². The monoisotopic (exact) mass is 329 g/mol. The van der Waals surface area contributed by atoms with Crippen LogP contribution in [0.3, 0.4) is 0 Å². The molecule has 21 heavy (non-hydrogen) atoms. The van der Waals surface area contributed by atoms with E-state index in [-0.39, 0.29) is 11.9 Å². The summed E-state index contributed by atoms with van der Waals surface area (Å²) in [5.41, 5.74) is 6.06. The highest BCUT2D eigenvalue weighted by Gasteiger charge is 2.27. The van der Waals surface area contributed by atoms with Gasteiger partial charge in [-0.05, 0) is 38.4 Å². The predicted octanol–water partition coefficient (Wildman–Crippen LogP) is 2.56.